The van der Waals surface area contributed by atoms with E-state index in [2.05, 4.69) is 66.8 Å². The Balaban J connectivity index is 1.56. The molecule has 2 N–H and O–H groups in total. The molecule has 0 bridgehead atoms. The van der Waals surface area contributed by atoms with Gasteiger partial charge in [-0.15, -0.1) is 0 Å². The van der Waals surface area contributed by atoms with Crippen LogP contribution in [0.1, 0.15) is 25.7 Å². The van der Waals surface area contributed by atoms with Gasteiger partial charge in [0.15, 0.2) is 0 Å². The zero-order valence-electron chi connectivity index (χ0n) is 14.6. The molecule has 5 aliphatic carbocycles. The Morgan fingerprint density at radius 1 is 0.760 bits per heavy atom. The van der Waals surface area contributed by atoms with Crippen molar-refractivity contribution >= 4 is 0 Å². The Kier molecular flexibility index (Phi) is 3.55. The van der Waals surface area contributed by atoms with Gasteiger partial charge in [-0.3, -0.25) is 0 Å². The van der Waals surface area contributed by atoms with Crippen LogP contribution in [0.4, 0.5) is 0 Å². The number of allylic oxidation sites excluding steroid dienone is 16. The van der Waals surface area contributed by atoms with E-state index in [-0.39, 0.29) is 0 Å². The first-order valence-electron chi connectivity index (χ1n) is 9.60. The SMILES string of the molecule is NC1=CC2=C(CC1)C1=C(C=CC(C3C=CC=CC3)C1)C1C=CC=CC21. The third kappa shape index (κ3) is 2.45. The van der Waals surface area contributed by atoms with Crippen LogP contribution in [0.2, 0.25) is 0 Å². The fraction of sp³-hybridized carbons (Fsp3) is 0.333. The number of rotatable bonds is 1. The van der Waals surface area contributed by atoms with E-state index in [0.29, 0.717) is 23.7 Å². The van der Waals surface area contributed by atoms with Crippen molar-refractivity contribution < 1.29 is 0 Å². The highest BCUT2D eigenvalue weighted by Gasteiger charge is 2.37. The van der Waals surface area contributed by atoms with Crippen molar-refractivity contribution in [3.8, 4) is 0 Å². The first-order chi connectivity index (χ1) is 12.3. The molecular formula is C24H25N. The number of nitrogens with two attached hydrogens (primary N) is 1. The lowest BCUT2D eigenvalue weighted by Crippen LogP contribution is -2.29. The van der Waals surface area contributed by atoms with Crippen molar-refractivity contribution in [2.45, 2.75) is 25.7 Å². The van der Waals surface area contributed by atoms with Gasteiger partial charge in [0.25, 0.3) is 0 Å². The molecule has 0 heterocycles. The van der Waals surface area contributed by atoms with Gasteiger partial charge in [0, 0.05) is 17.5 Å². The van der Waals surface area contributed by atoms with Crippen LogP contribution < -0.4 is 5.73 Å². The van der Waals surface area contributed by atoms with E-state index in [0.717, 1.165) is 18.5 Å². The smallest absolute Gasteiger partial charge is 0.0128 e. The Hall–Kier alpha value is -2.28. The highest BCUT2D eigenvalue weighted by molar-refractivity contribution is 5.58. The monoisotopic (exact) mass is 327 g/mol. The van der Waals surface area contributed by atoms with Crippen LogP contribution in [-0.2, 0) is 0 Å². The summed E-state index contributed by atoms with van der Waals surface area (Å²) in [7, 11) is 0. The molecule has 4 unspecified atom stereocenters. The van der Waals surface area contributed by atoms with Crippen molar-refractivity contribution in [2.24, 2.45) is 29.4 Å². The predicted molar refractivity (Wildman–Crippen MR) is 104 cm³/mol. The molecule has 4 atom stereocenters. The average Bonchev–Trinajstić information content (AvgIpc) is 2.68. The summed E-state index contributed by atoms with van der Waals surface area (Å²) in [6, 6.07) is 0. The van der Waals surface area contributed by atoms with E-state index < -0.39 is 0 Å². The summed E-state index contributed by atoms with van der Waals surface area (Å²) < 4.78 is 0. The standard InChI is InChI=1S/C24H25N/c25-18-11-13-22-23-14-17(16-6-2-1-3-7-16)10-12-21(23)19-8-4-5-9-20(19)24(22)15-18/h1-6,8-10,12,15-17,19-20H,7,11,13-14,25H2. The molecule has 0 amide bonds. The third-order valence-electron chi connectivity index (χ3n) is 6.45. The maximum Gasteiger partial charge on any atom is 0.0128 e. The summed E-state index contributed by atoms with van der Waals surface area (Å²) >= 11 is 0. The fourth-order valence-corrected chi connectivity index (χ4v) is 5.17. The molecule has 0 aliphatic heterocycles. The van der Waals surface area contributed by atoms with Crippen molar-refractivity contribution in [2.75, 3.05) is 0 Å². The van der Waals surface area contributed by atoms with Gasteiger partial charge in [0.05, 0.1) is 0 Å². The van der Waals surface area contributed by atoms with E-state index in [1.54, 1.807) is 16.7 Å². The first kappa shape index (κ1) is 15.0. The number of hydrogen-bond donors (Lipinski definition) is 1. The van der Waals surface area contributed by atoms with Crippen LogP contribution in [0.25, 0.3) is 0 Å². The minimum absolute atomic E-state index is 0.469. The van der Waals surface area contributed by atoms with Crippen molar-refractivity contribution in [3.05, 3.63) is 94.8 Å². The van der Waals surface area contributed by atoms with Crippen LogP contribution >= 0.6 is 0 Å². The van der Waals surface area contributed by atoms with Crippen LogP contribution in [0.5, 0.6) is 0 Å². The van der Waals surface area contributed by atoms with Crippen LogP contribution in [0, 0.1) is 23.7 Å². The maximum absolute atomic E-state index is 6.21. The molecule has 126 valence electrons. The van der Waals surface area contributed by atoms with Gasteiger partial charge in [-0.2, -0.15) is 0 Å². The lowest BCUT2D eigenvalue weighted by Gasteiger charge is -2.41. The molecule has 25 heavy (non-hydrogen) atoms. The van der Waals surface area contributed by atoms with E-state index in [9.17, 15) is 0 Å². The van der Waals surface area contributed by atoms with E-state index in [1.165, 1.54) is 18.4 Å². The van der Waals surface area contributed by atoms with Crippen molar-refractivity contribution in [3.63, 3.8) is 0 Å². The van der Waals surface area contributed by atoms with Gasteiger partial charge in [0.2, 0.25) is 0 Å². The second-order valence-corrected chi connectivity index (χ2v) is 7.85. The van der Waals surface area contributed by atoms with Gasteiger partial charge < -0.3 is 5.73 Å². The second-order valence-electron chi connectivity index (χ2n) is 7.85. The van der Waals surface area contributed by atoms with Crippen molar-refractivity contribution in [1.82, 2.24) is 0 Å². The average molecular weight is 327 g/mol. The molecule has 1 nitrogen and oxygen atoms in total. The predicted octanol–water partition coefficient (Wildman–Crippen LogP) is 5.30. The summed E-state index contributed by atoms with van der Waals surface area (Å²) in [4.78, 5) is 0. The molecular weight excluding hydrogens is 302 g/mol. The summed E-state index contributed by atoms with van der Waals surface area (Å²) in [5, 5.41) is 0. The molecule has 1 heteroatoms. The van der Waals surface area contributed by atoms with E-state index in [1.807, 2.05) is 0 Å². The quantitative estimate of drug-likeness (QED) is 0.695. The fourth-order valence-electron chi connectivity index (χ4n) is 5.17. The van der Waals surface area contributed by atoms with Crippen LogP contribution in [0.15, 0.2) is 94.8 Å². The van der Waals surface area contributed by atoms with E-state index in [4.69, 9.17) is 5.73 Å². The zero-order chi connectivity index (χ0) is 16.8. The first-order valence-corrected chi connectivity index (χ1v) is 9.60. The van der Waals surface area contributed by atoms with Gasteiger partial charge in [0.1, 0.15) is 0 Å². The number of hydrogen-bond acceptors (Lipinski definition) is 1. The largest absolute Gasteiger partial charge is 0.402 e. The topological polar surface area (TPSA) is 26.0 Å². The summed E-state index contributed by atoms with van der Waals surface area (Å²) in [5.74, 6) is 2.22. The van der Waals surface area contributed by atoms with Gasteiger partial charge in [-0.05, 0) is 65.9 Å². The lowest BCUT2D eigenvalue weighted by atomic mass is 9.63. The zero-order valence-corrected chi connectivity index (χ0v) is 14.6. The van der Waals surface area contributed by atoms with E-state index >= 15 is 0 Å². The molecule has 0 saturated carbocycles. The second kappa shape index (κ2) is 5.91. The summed E-state index contributed by atoms with van der Waals surface area (Å²) in [6.45, 7) is 0. The molecule has 0 aromatic rings. The van der Waals surface area contributed by atoms with Crippen molar-refractivity contribution in [1.29, 1.82) is 0 Å². The molecule has 0 aromatic carbocycles. The van der Waals surface area contributed by atoms with Gasteiger partial charge >= 0.3 is 0 Å². The molecule has 5 aliphatic rings. The molecule has 0 saturated heterocycles. The highest BCUT2D eigenvalue weighted by Crippen LogP contribution is 2.50. The Morgan fingerprint density at radius 3 is 2.36 bits per heavy atom. The molecule has 0 radical (unpaired) electrons. The Morgan fingerprint density at radius 2 is 1.56 bits per heavy atom. The molecule has 5 rings (SSSR count). The minimum Gasteiger partial charge on any atom is -0.402 e. The maximum atomic E-state index is 6.21. The molecule has 0 spiro atoms. The summed E-state index contributed by atoms with van der Waals surface area (Å²) in [6.07, 6.45) is 29.9. The summed E-state index contributed by atoms with van der Waals surface area (Å²) in [5.41, 5.74) is 13.5. The molecule has 0 fully saturated rings. The van der Waals surface area contributed by atoms with Gasteiger partial charge in [-0.25, -0.2) is 0 Å². The van der Waals surface area contributed by atoms with Gasteiger partial charge in [-0.1, -0.05) is 60.8 Å². The normalized spacial score (nSPS) is 35.4. The highest BCUT2D eigenvalue weighted by atomic mass is 14.6. The minimum atomic E-state index is 0.469. The lowest BCUT2D eigenvalue weighted by molar-refractivity contribution is 0.454. The van der Waals surface area contributed by atoms with Crippen LogP contribution in [0.3, 0.4) is 0 Å². The Labute approximate surface area is 150 Å². The Bertz CT molecular complexity index is 837. The third-order valence-corrected chi connectivity index (χ3v) is 6.45. The van der Waals surface area contributed by atoms with Crippen LogP contribution in [-0.4, -0.2) is 0 Å². The number of fused-ring (bicyclic) bond motifs is 4. The molecule has 0 aromatic heterocycles.